The van der Waals surface area contributed by atoms with Gasteiger partial charge in [0.2, 0.25) is 0 Å². The predicted octanol–water partition coefficient (Wildman–Crippen LogP) is 24.3. The molecule has 0 saturated heterocycles. The van der Waals surface area contributed by atoms with E-state index in [1.54, 1.807) is 0 Å². The molecule has 2 aliphatic rings. The molecule has 2 aliphatic carbocycles. The third-order valence-corrected chi connectivity index (χ3v) is 19.7. The van der Waals surface area contributed by atoms with Crippen molar-refractivity contribution < 1.29 is 8.83 Å². The van der Waals surface area contributed by atoms with E-state index in [9.17, 15) is 0 Å². The molecule has 2 heterocycles. The highest BCUT2D eigenvalue weighted by atomic mass is 16.3. The minimum Gasteiger partial charge on any atom is -0.455 e. The fourth-order valence-electron chi connectivity index (χ4n) is 15.2. The Kier molecular flexibility index (Phi) is 11.8. The van der Waals surface area contributed by atoms with Crippen molar-refractivity contribution in [3.05, 3.63) is 275 Å². The van der Waals surface area contributed by atoms with Gasteiger partial charge < -0.3 is 18.6 Å². The van der Waals surface area contributed by atoms with Gasteiger partial charge in [0.1, 0.15) is 22.3 Å². The first-order valence-corrected chi connectivity index (χ1v) is 31.7. The number of para-hydroxylation sites is 2. The Morgan fingerprint density at radius 1 is 0.281 bits per heavy atom. The van der Waals surface area contributed by atoms with Crippen LogP contribution in [-0.2, 0) is 27.1 Å². The van der Waals surface area contributed by atoms with Crippen molar-refractivity contribution >= 4 is 99.5 Å². The summed E-state index contributed by atoms with van der Waals surface area (Å²) in [6, 6.07) is 87.0. The van der Waals surface area contributed by atoms with Crippen molar-refractivity contribution in [2.75, 3.05) is 9.80 Å². The number of hydrogen-bond donors (Lipinski definition) is 0. The van der Waals surface area contributed by atoms with Crippen LogP contribution < -0.4 is 9.80 Å². The zero-order valence-electron chi connectivity index (χ0n) is 53.2. The monoisotopic (exact) mass is 1150 g/mol. The maximum Gasteiger partial charge on any atom is 0.144 e. The van der Waals surface area contributed by atoms with E-state index in [-0.39, 0.29) is 21.7 Å². The molecule has 1 spiro atoms. The lowest BCUT2D eigenvalue weighted by molar-refractivity contribution is 0.590. The van der Waals surface area contributed by atoms with Gasteiger partial charge in [0, 0.05) is 66.8 Å². The van der Waals surface area contributed by atoms with E-state index in [4.69, 9.17) is 8.83 Å². The summed E-state index contributed by atoms with van der Waals surface area (Å²) >= 11 is 0. The zero-order chi connectivity index (χ0) is 61.3. The highest BCUT2D eigenvalue weighted by molar-refractivity contribution is 6.32. The standard InChI is InChI=1S/C85H74N2O2/c1-81(2,3)51-29-37-55(38-30-51)86(56-39-31-52(32-40-56)82(4,5)6)59-45-47-63-67(49-59)73-65-23-15-19-27-71(65)88-79(73)75-76-78(85(77(63)75)69-25-17-13-21-61(69)62-22-14-18-26-70(62)85)64-48-46-60(50-68(64)74-66-24-16-20-28-72(66)89-80(74)76)87(57-41-33-53(34-42-57)83(7,8)9)58-43-35-54(36-44-58)84(10,11)12/h13-50H,1-12H3. The zero-order valence-corrected chi connectivity index (χ0v) is 53.2. The van der Waals surface area contributed by atoms with Crippen LogP contribution in [0.5, 0.6) is 0 Å². The van der Waals surface area contributed by atoms with Crippen molar-refractivity contribution in [1.29, 1.82) is 0 Å². The van der Waals surface area contributed by atoms with Crippen LogP contribution >= 0.6 is 0 Å². The van der Waals surface area contributed by atoms with Crippen molar-refractivity contribution in [3.63, 3.8) is 0 Å². The number of benzene rings is 12. The van der Waals surface area contributed by atoms with Crippen LogP contribution in [0.15, 0.2) is 239 Å². The molecule has 2 aromatic heterocycles. The smallest absolute Gasteiger partial charge is 0.144 e. The molecule has 0 bridgehead atoms. The van der Waals surface area contributed by atoms with Gasteiger partial charge in [0.15, 0.2) is 0 Å². The number of rotatable bonds is 6. The average molecular weight is 1160 g/mol. The lowest BCUT2D eigenvalue weighted by atomic mass is 9.68. The maximum absolute atomic E-state index is 7.58. The van der Waals surface area contributed by atoms with E-state index in [1.807, 2.05) is 0 Å². The SMILES string of the molecule is CC(C)(C)c1ccc(N(c2ccc(C(C)(C)C)cc2)c2ccc3c4c(c5oc6ccccc6c5c3c2)-c2c(c3ccc(N(c5ccc(C(C)(C)C)cc5)c5ccc(C(C)(C)C)cc5)cc3c3c2oc2ccccc23)C42c3ccccc3-c3ccccc32)cc1. The lowest BCUT2D eigenvalue weighted by Crippen LogP contribution is -2.26. The summed E-state index contributed by atoms with van der Waals surface area (Å²) < 4.78 is 15.2. The molecule has 0 fully saturated rings. The molecule has 0 radical (unpaired) electrons. The molecule has 0 aliphatic heterocycles. The Bertz CT molecular complexity index is 4760. The fraction of sp³-hybridized carbons (Fsp3) is 0.200. The van der Waals surface area contributed by atoms with Gasteiger partial charge >= 0.3 is 0 Å². The first-order valence-electron chi connectivity index (χ1n) is 31.7. The molecule has 14 aromatic rings. The normalized spacial score (nSPS) is 13.7. The molecule has 16 rings (SSSR count). The van der Waals surface area contributed by atoms with Gasteiger partial charge in [-0.05, 0) is 184 Å². The maximum atomic E-state index is 7.58. The first kappa shape index (κ1) is 54.7. The van der Waals surface area contributed by atoms with Crippen molar-refractivity contribution in [1.82, 2.24) is 0 Å². The van der Waals surface area contributed by atoms with E-state index in [2.05, 4.69) is 323 Å². The quantitative estimate of drug-likeness (QED) is 0.166. The van der Waals surface area contributed by atoms with Crippen molar-refractivity contribution in [3.8, 4) is 22.3 Å². The van der Waals surface area contributed by atoms with E-state index < -0.39 is 5.41 Å². The third-order valence-electron chi connectivity index (χ3n) is 19.7. The summed E-state index contributed by atoms with van der Waals surface area (Å²) in [7, 11) is 0. The van der Waals surface area contributed by atoms with Gasteiger partial charge in [-0.2, -0.15) is 0 Å². The van der Waals surface area contributed by atoms with Crippen LogP contribution in [0.4, 0.5) is 34.1 Å². The minimum absolute atomic E-state index is 0.000250. The predicted molar refractivity (Wildman–Crippen MR) is 376 cm³/mol. The number of nitrogens with zero attached hydrogens (tertiary/aromatic N) is 2. The van der Waals surface area contributed by atoms with Crippen LogP contribution in [0.3, 0.4) is 0 Å². The van der Waals surface area contributed by atoms with Crippen LogP contribution in [0.1, 0.15) is 128 Å². The molecule has 89 heavy (non-hydrogen) atoms. The molecule has 0 atom stereocenters. The van der Waals surface area contributed by atoms with Crippen molar-refractivity contribution in [2.24, 2.45) is 0 Å². The van der Waals surface area contributed by atoms with E-state index in [1.165, 1.54) is 66.4 Å². The molecule has 4 heteroatoms. The average Bonchev–Trinajstić information content (AvgIpc) is 1.48. The van der Waals surface area contributed by atoms with Gasteiger partial charge in [0.05, 0.1) is 5.41 Å². The summed E-state index contributed by atoms with van der Waals surface area (Å²) in [5.74, 6) is 0. The lowest BCUT2D eigenvalue weighted by Gasteiger charge is -2.33. The number of furan rings is 2. The second-order valence-corrected chi connectivity index (χ2v) is 29.3. The van der Waals surface area contributed by atoms with Gasteiger partial charge in [-0.3, -0.25) is 0 Å². The van der Waals surface area contributed by atoms with Gasteiger partial charge in [-0.1, -0.05) is 229 Å². The molecule has 0 saturated carbocycles. The number of anilines is 6. The second kappa shape index (κ2) is 19.2. The molecular weight excluding hydrogens is 1080 g/mol. The number of fused-ring (bicyclic) bond motifs is 24. The summed E-state index contributed by atoms with van der Waals surface area (Å²) in [6.07, 6.45) is 0. The Labute approximate surface area is 522 Å². The molecule has 4 nitrogen and oxygen atoms in total. The Morgan fingerprint density at radius 2 is 0.573 bits per heavy atom. The highest BCUT2D eigenvalue weighted by Crippen LogP contribution is 2.69. The molecule has 436 valence electrons. The summed E-state index contributed by atoms with van der Waals surface area (Å²) in [6.45, 7) is 27.4. The third kappa shape index (κ3) is 8.18. The number of hydrogen-bond acceptors (Lipinski definition) is 4. The van der Waals surface area contributed by atoms with Crippen LogP contribution in [0, 0.1) is 0 Å². The van der Waals surface area contributed by atoms with Gasteiger partial charge in [0.25, 0.3) is 0 Å². The van der Waals surface area contributed by atoms with E-state index in [0.717, 1.165) is 99.9 Å². The second-order valence-electron chi connectivity index (χ2n) is 29.3. The molecule has 0 amide bonds. The Hall–Kier alpha value is -9.64. The van der Waals surface area contributed by atoms with Gasteiger partial charge in [-0.15, -0.1) is 0 Å². The van der Waals surface area contributed by atoms with E-state index >= 15 is 0 Å². The summed E-state index contributed by atoms with van der Waals surface area (Å²) in [5.41, 5.74) is 23.9. The Morgan fingerprint density at radius 3 is 0.899 bits per heavy atom. The largest absolute Gasteiger partial charge is 0.455 e. The molecule has 0 unspecified atom stereocenters. The Balaban J connectivity index is 1.04. The van der Waals surface area contributed by atoms with Gasteiger partial charge in [-0.25, -0.2) is 0 Å². The molecule has 0 N–H and O–H groups in total. The minimum atomic E-state index is -0.825. The fourth-order valence-corrected chi connectivity index (χ4v) is 15.2. The van der Waals surface area contributed by atoms with Crippen LogP contribution in [0.25, 0.3) is 87.7 Å². The van der Waals surface area contributed by atoms with Crippen molar-refractivity contribution in [2.45, 2.75) is 110 Å². The topological polar surface area (TPSA) is 32.8 Å². The summed E-state index contributed by atoms with van der Waals surface area (Å²) in [4.78, 5) is 4.88. The van der Waals surface area contributed by atoms with E-state index in [0.29, 0.717) is 0 Å². The molecule has 12 aromatic carbocycles. The van der Waals surface area contributed by atoms with Crippen LogP contribution in [-0.4, -0.2) is 0 Å². The highest BCUT2D eigenvalue weighted by Gasteiger charge is 2.56. The van der Waals surface area contributed by atoms with Crippen LogP contribution in [0.2, 0.25) is 0 Å². The molecular formula is C85H74N2O2. The summed E-state index contributed by atoms with van der Waals surface area (Å²) in [5, 5.41) is 8.96. The first-order chi connectivity index (χ1) is 42.7.